The molecule has 0 heterocycles. The zero-order valence-electron chi connectivity index (χ0n) is 10.7. The largest absolute Gasteiger partial charge is 0.329 e. The summed E-state index contributed by atoms with van der Waals surface area (Å²) >= 11 is 0. The molecule has 1 unspecified atom stereocenters. The number of hydrogen-bond acceptors (Lipinski definition) is 2. The predicted molar refractivity (Wildman–Crippen MR) is 66.9 cm³/mol. The van der Waals surface area contributed by atoms with Crippen molar-refractivity contribution in [2.24, 2.45) is 17.6 Å². The second-order valence-electron chi connectivity index (χ2n) is 5.12. The molecule has 0 spiro atoms. The Hall–Kier alpha value is -0.0800. The minimum atomic E-state index is 0.598. The number of nitrogens with zero attached hydrogens (tertiary/aromatic N) is 1. The number of likely N-dealkylation sites (N-methyl/N-ethyl adjacent to an activating group) is 1. The Kier molecular flexibility index (Phi) is 5.62. The van der Waals surface area contributed by atoms with E-state index >= 15 is 0 Å². The number of nitrogens with two attached hydrogens (primary N) is 1. The highest BCUT2D eigenvalue weighted by Crippen LogP contribution is 2.28. The van der Waals surface area contributed by atoms with Gasteiger partial charge in [-0.2, -0.15) is 0 Å². The van der Waals surface area contributed by atoms with E-state index in [4.69, 9.17) is 5.73 Å². The Labute approximate surface area is 95.2 Å². The third-order valence-corrected chi connectivity index (χ3v) is 4.17. The van der Waals surface area contributed by atoms with E-state index in [0.29, 0.717) is 6.04 Å². The Morgan fingerprint density at radius 1 is 1.27 bits per heavy atom. The molecule has 15 heavy (non-hydrogen) atoms. The lowest BCUT2D eigenvalue weighted by atomic mass is 9.84. The Morgan fingerprint density at radius 2 is 1.87 bits per heavy atom. The van der Waals surface area contributed by atoms with Crippen LogP contribution in [0.15, 0.2) is 0 Å². The van der Waals surface area contributed by atoms with Gasteiger partial charge >= 0.3 is 0 Å². The summed E-state index contributed by atoms with van der Waals surface area (Å²) in [6.45, 7) is 6.65. The van der Waals surface area contributed by atoms with Crippen LogP contribution in [0.25, 0.3) is 0 Å². The van der Waals surface area contributed by atoms with E-state index < -0.39 is 0 Å². The molecule has 0 saturated heterocycles. The lowest BCUT2D eigenvalue weighted by Crippen LogP contribution is -2.46. The molecule has 1 aliphatic carbocycles. The van der Waals surface area contributed by atoms with Crippen molar-refractivity contribution in [2.75, 3.05) is 20.1 Å². The van der Waals surface area contributed by atoms with Gasteiger partial charge in [0.2, 0.25) is 0 Å². The first-order chi connectivity index (χ1) is 7.22. The maximum atomic E-state index is 5.92. The van der Waals surface area contributed by atoms with Crippen LogP contribution in [0.1, 0.15) is 46.0 Å². The van der Waals surface area contributed by atoms with Gasteiger partial charge in [0, 0.05) is 19.1 Å². The molecule has 1 rings (SSSR count). The fourth-order valence-corrected chi connectivity index (χ4v) is 2.78. The van der Waals surface area contributed by atoms with Gasteiger partial charge < -0.3 is 10.6 Å². The summed E-state index contributed by atoms with van der Waals surface area (Å²) in [7, 11) is 2.26. The zero-order chi connectivity index (χ0) is 11.3. The highest BCUT2D eigenvalue weighted by Gasteiger charge is 2.25. The third kappa shape index (κ3) is 3.46. The van der Waals surface area contributed by atoms with Gasteiger partial charge in [-0.15, -0.1) is 0 Å². The molecular weight excluding hydrogens is 184 g/mol. The minimum Gasteiger partial charge on any atom is -0.329 e. The summed E-state index contributed by atoms with van der Waals surface area (Å²) in [5.74, 6) is 1.73. The average Bonchev–Trinajstić information content (AvgIpc) is 2.19. The smallest absolute Gasteiger partial charge is 0.0243 e. The molecular formula is C13H28N2. The van der Waals surface area contributed by atoms with E-state index in [2.05, 4.69) is 25.8 Å². The molecule has 2 heteroatoms. The summed E-state index contributed by atoms with van der Waals surface area (Å²) in [5.41, 5.74) is 5.92. The van der Waals surface area contributed by atoms with E-state index in [0.717, 1.165) is 18.4 Å². The standard InChI is InChI=1S/C13H28N2/c1-4-12(5-2)13(9-14)15(3)10-11-7-6-8-11/h11-13H,4-10,14H2,1-3H3. The first kappa shape index (κ1) is 13.0. The van der Waals surface area contributed by atoms with Crippen molar-refractivity contribution >= 4 is 0 Å². The van der Waals surface area contributed by atoms with Gasteiger partial charge in [-0.25, -0.2) is 0 Å². The molecule has 0 radical (unpaired) electrons. The van der Waals surface area contributed by atoms with Crippen LogP contribution >= 0.6 is 0 Å². The molecule has 1 aliphatic rings. The zero-order valence-corrected chi connectivity index (χ0v) is 10.7. The fraction of sp³-hybridized carbons (Fsp3) is 1.00. The van der Waals surface area contributed by atoms with E-state index in [1.165, 1.54) is 38.6 Å². The predicted octanol–water partition coefficient (Wildman–Crippen LogP) is 2.48. The van der Waals surface area contributed by atoms with Crippen molar-refractivity contribution in [3.05, 3.63) is 0 Å². The van der Waals surface area contributed by atoms with E-state index in [-0.39, 0.29) is 0 Å². The quantitative estimate of drug-likeness (QED) is 0.702. The van der Waals surface area contributed by atoms with Gasteiger partial charge in [-0.3, -0.25) is 0 Å². The molecule has 2 N–H and O–H groups in total. The molecule has 2 nitrogen and oxygen atoms in total. The molecule has 1 fully saturated rings. The molecule has 90 valence electrons. The third-order valence-electron chi connectivity index (χ3n) is 4.17. The Bertz CT molecular complexity index is 162. The summed E-state index contributed by atoms with van der Waals surface area (Å²) in [4.78, 5) is 2.52. The first-order valence-electron chi connectivity index (χ1n) is 6.63. The SMILES string of the molecule is CCC(CC)C(CN)N(C)CC1CCC1. The highest BCUT2D eigenvalue weighted by molar-refractivity contribution is 4.81. The molecule has 0 aliphatic heterocycles. The minimum absolute atomic E-state index is 0.598. The van der Waals surface area contributed by atoms with Crippen molar-refractivity contribution in [1.29, 1.82) is 0 Å². The number of rotatable bonds is 7. The van der Waals surface area contributed by atoms with E-state index in [1.807, 2.05) is 0 Å². The normalized spacial score (nSPS) is 19.6. The Balaban J connectivity index is 2.40. The molecule has 0 aromatic carbocycles. The average molecular weight is 212 g/mol. The van der Waals surface area contributed by atoms with Crippen molar-refractivity contribution in [3.8, 4) is 0 Å². The van der Waals surface area contributed by atoms with Crippen molar-refractivity contribution in [1.82, 2.24) is 4.90 Å². The second-order valence-corrected chi connectivity index (χ2v) is 5.12. The monoisotopic (exact) mass is 212 g/mol. The van der Waals surface area contributed by atoms with Crippen LogP contribution in [0, 0.1) is 11.8 Å². The second kappa shape index (κ2) is 6.49. The molecule has 0 bridgehead atoms. The first-order valence-corrected chi connectivity index (χ1v) is 6.63. The van der Waals surface area contributed by atoms with Gasteiger partial charge in [-0.1, -0.05) is 33.1 Å². The van der Waals surface area contributed by atoms with Crippen LogP contribution < -0.4 is 5.73 Å². The van der Waals surface area contributed by atoms with Gasteiger partial charge in [0.05, 0.1) is 0 Å². The van der Waals surface area contributed by atoms with E-state index in [1.54, 1.807) is 0 Å². The van der Waals surface area contributed by atoms with Gasteiger partial charge in [0.25, 0.3) is 0 Å². The van der Waals surface area contributed by atoms with Crippen molar-refractivity contribution in [3.63, 3.8) is 0 Å². The summed E-state index contributed by atoms with van der Waals surface area (Å²) in [6.07, 6.45) is 6.83. The number of hydrogen-bond donors (Lipinski definition) is 1. The fourth-order valence-electron chi connectivity index (χ4n) is 2.78. The molecule has 0 aromatic heterocycles. The Morgan fingerprint density at radius 3 is 2.20 bits per heavy atom. The molecule has 1 saturated carbocycles. The van der Waals surface area contributed by atoms with Crippen LogP contribution in [-0.4, -0.2) is 31.1 Å². The topological polar surface area (TPSA) is 29.3 Å². The molecule has 0 amide bonds. The van der Waals surface area contributed by atoms with Crippen molar-refractivity contribution in [2.45, 2.75) is 52.0 Å². The lowest BCUT2D eigenvalue weighted by molar-refractivity contribution is 0.123. The molecule has 1 atom stereocenters. The van der Waals surface area contributed by atoms with E-state index in [9.17, 15) is 0 Å². The van der Waals surface area contributed by atoms with Crippen LogP contribution in [-0.2, 0) is 0 Å². The summed E-state index contributed by atoms with van der Waals surface area (Å²) in [5, 5.41) is 0. The lowest BCUT2D eigenvalue weighted by Gasteiger charge is -2.37. The highest BCUT2D eigenvalue weighted by atomic mass is 15.1. The van der Waals surface area contributed by atoms with Crippen LogP contribution in [0.5, 0.6) is 0 Å². The van der Waals surface area contributed by atoms with Crippen LogP contribution in [0.4, 0.5) is 0 Å². The van der Waals surface area contributed by atoms with Crippen molar-refractivity contribution < 1.29 is 0 Å². The van der Waals surface area contributed by atoms with Gasteiger partial charge in [-0.05, 0) is 31.7 Å². The van der Waals surface area contributed by atoms with Crippen LogP contribution in [0.2, 0.25) is 0 Å². The maximum absolute atomic E-state index is 5.92. The van der Waals surface area contributed by atoms with Gasteiger partial charge in [0.1, 0.15) is 0 Å². The summed E-state index contributed by atoms with van der Waals surface area (Å²) < 4.78 is 0. The maximum Gasteiger partial charge on any atom is 0.0243 e. The summed E-state index contributed by atoms with van der Waals surface area (Å²) in [6, 6.07) is 0.598. The van der Waals surface area contributed by atoms with Gasteiger partial charge in [0.15, 0.2) is 0 Å². The van der Waals surface area contributed by atoms with Crippen LogP contribution in [0.3, 0.4) is 0 Å². The molecule has 0 aromatic rings.